The number of likely N-dealkylation sites (N-methyl/N-ethyl adjacent to an activating group) is 1. The normalized spacial score (nSPS) is 11.4. The first kappa shape index (κ1) is 16.3. The van der Waals surface area contributed by atoms with Gasteiger partial charge in [0.25, 0.3) is 0 Å². The third-order valence-corrected chi connectivity index (χ3v) is 2.84. The van der Waals surface area contributed by atoms with Gasteiger partial charge in [0.05, 0.1) is 23.4 Å². The Kier molecular flexibility index (Phi) is 5.38. The van der Waals surface area contributed by atoms with E-state index in [-0.39, 0.29) is 11.3 Å². The first-order chi connectivity index (χ1) is 9.31. The van der Waals surface area contributed by atoms with Crippen LogP contribution in [0.1, 0.15) is 22.8 Å². The highest BCUT2D eigenvalue weighted by atomic mass is 19.4. The quantitative estimate of drug-likeness (QED) is 0.875. The number of alkyl halides is 3. The van der Waals surface area contributed by atoms with Crippen molar-refractivity contribution in [1.29, 1.82) is 0 Å². The summed E-state index contributed by atoms with van der Waals surface area (Å²) >= 11 is 0. The molecule has 0 fully saturated rings. The molecule has 0 amide bonds. The molecule has 0 aromatic heterocycles. The first-order valence-corrected chi connectivity index (χ1v) is 5.99. The number of carboxylic acids is 1. The van der Waals surface area contributed by atoms with E-state index >= 15 is 0 Å². The average molecular weight is 291 g/mol. The zero-order valence-electron chi connectivity index (χ0n) is 11.2. The topological polar surface area (TPSA) is 49.8 Å². The summed E-state index contributed by atoms with van der Waals surface area (Å²) in [6.07, 6.45) is -4.56. The molecule has 4 nitrogen and oxygen atoms in total. The minimum atomic E-state index is -4.56. The van der Waals surface area contributed by atoms with Crippen LogP contribution < -0.4 is 4.90 Å². The Labute approximate surface area is 114 Å². The van der Waals surface area contributed by atoms with Crippen molar-refractivity contribution in [3.63, 3.8) is 0 Å². The molecule has 0 radical (unpaired) electrons. The number of carboxylic acid groups (broad SMARTS) is 1. The molecule has 1 aromatic carbocycles. The van der Waals surface area contributed by atoms with E-state index in [4.69, 9.17) is 9.84 Å². The molecule has 0 aliphatic rings. The summed E-state index contributed by atoms with van der Waals surface area (Å²) < 4.78 is 42.8. The minimum absolute atomic E-state index is 0.255. The molecule has 1 aromatic rings. The van der Waals surface area contributed by atoms with Crippen molar-refractivity contribution in [2.24, 2.45) is 0 Å². The van der Waals surface area contributed by atoms with Gasteiger partial charge < -0.3 is 14.7 Å². The van der Waals surface area contributed by atoms with Crippen molar-refractivity contribution in [2.75, 3.05) is 31.7 Å². The Hall–Kier alpha value is -1.76. The molecule has 0 bridgehead atoms. The number of hydrogen-bond donors (Lipinski definition) is 1. The molecule has 0 aliphatic heterocycles. The van der Waals surface area contributed by atoms with Gasteiger partial charge in [-0.05, 0) is 25.1 Å². The van der Waals surface area contributed by atoms with Crippen LogP contribution in [0.2, 0.25) is 0 Å². The number of methoxy groups -OCH3 is 1. The molecule has 1 N–H and O–H groups in total. The van der Waals surface area contributed by atoms with Crippen molar-refractivity contribution in [1.82, 2.24) is 0 Å². The van der Waals surface area contributed by atoms with Gasteiger partial charge in [-0.3, -0.25) is 0 Å². The smallest absolute Gasteiger partial charge is 0.416 e. The van der Waals surface area contributed by atoms with Gasteiger partial charge in [0, 0.05) is 20.2 Å². The van der Waals surface area contributed by atoms with Crippen LogP contribution in [0.25, 0.3) is 0 Å². The van der Waals surface area contributed by atoms with Gasteiger partial charge in [0.1, 0.15) is 0 Å². The molecule has 112 valence electrons. The largest absolute Gasteiger partial charge is 0.478 e. The predicted octanol–water partition coefficient (Wildman–Crippen LogP) is 2.88. The van der Waals surface area contributed by atoms with Gasteiger partial charge in [-0.1, -0.05) is 0 Å². The number of anilines is 1. The van der Waals surface area contributed by atoms with Crippen LogP contribution in [0.15, 0.2) is 18.2 Å². The number of rotatable bonds is 6. The van der Waals surface area contributed by atoms with Gasteiger partial charge in [-0.2, -0.15) is 13.2 Å². The van der Waals surface area contributed by atoms with Gasteiger partial charge in [-0.25, -0.2) is 4.79 Å². The van der Waals surface area contributed by atoms with Gasteiger partial charge in [-0.15, -0.1) is 0 Å². The summed E-state index contributed by atoms with van der Waals surface area (Å²) in [6, 6.07) is 2.73. The molecule has 0 aliphatic carbocycles. The van der Waals surface area contributed by atoms with E-state index in [1.165, 1.54) is 13.2 Å². The van der Waals surface area contributed by atoms with Crippen molar-refractivity contribution in [3.05, 3.63) is 29.3 Å². The summed E-state index contributed by atoms with van der Waals surface area (Å²) in [5, 5.41) is 9.10. The number of aromatic carboxylic acids is 1. The highest BCUT2D eigenvalue weighted by molar-refractivity contribution is 5.94. The zero-order valence-corrected chi connectivity index (χ0v) is 11.2. The molecule has 0 saturated carbocycles. The van der Waals surface area contributed by atoms with E-state index in [9.17, 15) is 18.0 Å². The van der Waals surface area contributed by atoms with Crippen LogP contribution in [-0.2, 0) is 10.9 Å². The van der Waals surface area contributed by atoms with Gasteiger partial charge >= 0.3 is 12.1 Å². The summed E-state index contributed by atoms with van der Waals surface area (Å²) in [6.45, 7) is 3.01. The van der Waals surface area contributed by atoms with Crippen LogP contribution in [0.3, 0.4) is 0 Å². The fourth-order valence-electron chi connectivity index (χ4n) is 1.81. The second-order valence-corrected chi connectivity index (χ2v) is 4.11. The van der Waals surface area contributed by atoms with Crippen molar-refractivity contribution in [2.45, 2.75) is 13.1 Å². The maximum absolute atomic E-state index is 12.6. The second-order valence-electron chi connectivity index (χ2n) is 4.11. The Morgan fingerprint density at radius 3 is 2.50 bits per heavy atom. The highest BCUT2D eigenvalue weighted by Crippen LogP contribution is 2.33. The summed E-state index contributed by atoms with van der Waals surface area (Å²) in [5.74, 6) is -1.39. The van der Waals surface area contributed by atoms with E-state index in [2.05, 4.69) is 0 Å². The first-order valence-electron chi connectivity index (χ1n) is 5.99. The SMILES string of the molecule is CCN(CCOC)c1ccc(C(F)(F)F)cc1C(=O)O. The lowest BCUT2D eigenvalue weighted by Crippen LogP contribution is -2.28. The summed E-state index contributed by atoms with van der Waals surface area (Å²) in [7, 11) is 1.50. The fraction of sp³-hybridized carbons (Fsp3) is 0.462. The zero-order chi connectivity index (χ0) is 15.3. The lowest BCUT2D eigenvalue weighted by atomic mass is 10.1. The Morgan fingerprint density at radius 2 is 2.05 bits per heavy atom. The van der Waals surface area contributed by atoms with Crippen LogP contribution in [0.4, 0.5) is 18.9 Å². The molecule has 0 atom stereocenters. The van der Waals surface area contributed by atoms with E-state index < -0.39 is 17.7 Å². The van der Waals surface area contributed by atoms with Gasteiger partial charge in [0.2, 0.25) is 0 Å². The number of hydrogen-bond acceptors (Lipinski definition) is 3. The number of halogens is 3. The van der Waals surface area contributed by atoms with E-state index in [1.807, 2.05) is 0 Å². The van der Waals surface area contributed by atoms with Crippen molar-refractivity contribution < 1.29 is 27.8 Å². The van der Waals surface area contributed by atoms with E-state index in [0.29, 0.717) is 25.8 Å². The Morgan fingerprint density at radius 1 is 1.40 bits per heavy atom. The number of carbonyl (C=O) groups is 1. The lowest BCUT2D eigenvalue weighted by molar-refractivity contribution is -0.137. The number of benzene rings is 1. The van der Waals surface area contributed by atoms with E-state index in [1.54, 1.807) is 11.8 Å². The third-order valence-electron chi connectivity index (χ3n) is 2.84. The molecule has 20 heavy (non-hydrogen) atoms. The van der Waals surface area contributed by atoms with Crippen LogP contribution in [-0.4, -0.2) is 37.9 Å². The maximum atomic E-state index is 12.6. The minimum Gasteiger partial charge on any atom is -0.478 e. The summed E-state index contributed by atoms with van der Waals surface area (Å²) in [4.78, 5) is 12.8. The monoisotopic (exact) mass is 291 g/mol. The van der Waals surface area contributed by atoms with E-state index in [0.717, 1.165) is 6.07 Å². The van der Waals surface area contributed by atoms with Crippen LogP contribution in [0, 0.1) is 0 Å². The molecular formula is C13H16F3NO3. The fourth-order valence-corrected chi connectivity index (χ4v) is 1.81. The Bertz CT molecular complexity index is 474. The summed E-state index contributed by atoms with van der Waals surface area (Å²) in [5.41, 5.74) is -1.08. The average Bonchev–Trinajstić information content (AvgIpc) is 2.38. The standard InChI is InChI=1S/C13H16F3NO3/c1-3-17(6-7-20-2)11-5-4-9(13(14,15)16)8-10(11)12(18)19/h4-5,8H,3,6-7H2,1-2H3,(H,18,19). The van der Waals surface area contributed by atoms with Crippen molar-refractivity contribution in [3.8, 4) is 0 Å². The Balaban J connectivity index is 3.22. The second kappa shape index (κ2) is 6.60. The maximum Gasteiger partial charge on any atom is 0.416 e. The third kappa shape index (κ3) is 3.86. The predicted molar refractivity (Wildman–Crippen MR) is 68.2 cm³/mol. The molecule has 0 unspecified atom stereocenters. The number of ether oxygens (including phenoxy) is 1. The molecule has 0 saturated heterocycles. The van der Waals surface area contributed by atoms with Crippen LogP contribution in [0.5, 0.6) is 0 Å². The molecule has 1 rings (SSSR count). The molecule has 0 heterocycles. The highest BCUT2D eigenvalue weighted by Gasteiger charge is 2.32. The van der Waals surface area contributed by atoms with Crippen molar-refractivity contribution >= 4 is 11.7 Å². The molecule has 0 spiro atoms. The molecular weight excluding hydrogens is 275 g/mol. The van der Waals surface area contributed by atoms with Gasteiger partial charge in [0.15, 0.2) is 0 Å². The lowest BCUT2D eigenvalue weighted by Gasteiger charge is -2.25. The number of nitrogens with zero attached hydrogens (tertiary/aromatic N) is 1. The van der Waals surface area contributed by atoms with Crippen LogP contribution >= 0.6 is 0 Å². The molecule has 7 heteroatoms.